The van der Waals surface area contributed by atoms with Crippen molar-refractivity contribution in [1.82, 2.24) is 9.97 Å². The molecule has 150 valence electrons. The van der Waals surface area contributed by atoms with Crippen LogP contribution in [0.5, 0.6) is 17.4 Å². The number of hydrogen-bond donors (Lipinski definition) is 2. The van der Waals surface area contributed by atoms with Crippen molar-refractivity contribution in [2.45, 2.75) is 13.0 Å². The molecule has 0 saturated carbocycles. The third-order valence-corrected chi connectivity index (χ3v) is 3.98. The summed E-state index contributed by atoms with van der Waals surface area (Å²) in [6, 6.07) is 16.8. The van der Waals surface area contributed by atoms with Crippen LogP contribution in [0.1, 0.15) is 23.0 Å². The fraction of sp³-hybridized carbons (Fsp3) is 0.0952. The van der Waals surface area contributed by atoms with Crippen LogP contribution in [0.15, 0.2) is 54.6 Å². The minimum absolute atomic E-state index is 0.00184. The summed E-state index contributed by atoms with van der Waals surface area (Å²) in [4.78, 5) is 31.2. The summed E-state index contributed by atoms with van der Waals surface area (Å²) in [5, 5.41) is 8.84. The Morgan fingerprint density at radius 2 is 1.60 bits per heavy atom. The van der Waals surface area contributed by atoms with Crippen LogP contribution in [0.4, 0.5) is 0 Å². The number of rotatable bonds is 7. The Hall–Kier alpha value is -4.45. The molecule has 1 atom stereocenters. The first kappa shape index (κ1) is 20.3. The normalized spacial score (nSPS) is 11.2. The van der Waals surface area contributed by atoms with Crippen LogP contribution in [0.25, 0.3) is 11.4 Å². The molecule has 9 heteroatoms. The average molecular weight is 403 g/mol. The lowest BCUT2D eigenvalue weighted by molar-refractivity contribution is -0.124. The molecule has 0 aliphatic rings. The summed E-state index contributed by atoms with van der Waals surface area (Å²) < 4.78 is 11.1. The molecule has 0 unspecified atom stereocenters. The van der Waals surface area contributed by atoms with Crippen LogP contribution >= 0.6 is 0 Å². The molecular formula is C21H17N5O4. The van der Waals surface area contributed by atoms with Gasteiger partial charge in [0.15, 0.2) is 11.9 Å². The van der Waals surface area contributed by atoms with Gasteiger partial charge in [0.2, 0.25) is 5.88 Å². The summed E-state index contributed by atoms with van der Waals surface area (Å²) in [5.74, 6) is -0.143. The van der Waals surface area contributed by atoms with Crippen molar-refractivity contribution in [1.29, 1.82) is 5.26 Å². The topological polar surface area (TPSA) is 154 Å². The number of aromatic nitrogens is 2. The van der Waals surface area contributed by atoms with Crippen LogP contribution in [-0.2, 0) is 4.79 Å². The lowest BCUT2D eigenvalue weighted by Gasteiger charge is -2.12. The second-order valence-electron chi connectivity index (χ2n) is 6.20. The Labute approximate surface area is 171 Å². The summed E-state index contributed by atoms with van der Waals surface area (Å²) in [7, 11) is 0. The van der Waals surface area contributed by atoms with Gasteiger partial charge in [0.25, 0.3) is 11.8 Å². The number of carbonyl (C=O) groups excluding carboxylic acids is 2. The molecule has 30 heavy (non-hydrogen) atoms. The van der Waals surface area contributed by atoms with Gasteiger partial charge in [-0.2, -0.15) is 10.2 Å². The highest BCUT2D eigenvalue weighted by Gasteiger charge is 2.16. The first-order valence-corrected chi connectivity index (χ1v) is 8.79. The number of primary amides is 2. The van der Waals surface area contributed by atoms with Gasteiger partial charge < -0.3 is 20.9 Å². The first-order valence-electron chi connectivity index (χ1n) is 8.79. The molecule has 1 heterocycles. The first-order chi connectivity index (χ1) is 14.4. The molecule has 0 bridgehead atoms. The van der Waals surface area contributed by atoms with Crippen molar-refractivity contribution >= 4 is 11.8 Å². The van der Waals surface area contributed by atoms with Gasteiger partial charge in [0.1, 0.15) is 17.2 Å². The Morgan fingerprint density at radius 1 is 1.00 bits per heavy atom. The molecule has 0 spiro atoms. The predicted molar refractivity (Wildman–Crippen MR) is 107 cm³/mol. The summed E-state index contributed by atoms with van der Waals surface area (Å²) in [6.07, 6.45) is -0.948. The highest BCUT2D eigenvalue weighted by atomic mass is 16.5. The quantitative estimate of drug-likeness (QED) is 0.612. The number of benzene rings is 2. The molecular weight excluding hydrogens is 386 g/mol. The van der Waals surface area contributed by atoms with Gasteiger partial charge in [-0.05, 0) is 55.5 Å². The Bertz CT molecular complexity index is 1120. The smallest absolute Gasteiger partial charge is 0.267 e. The molecule has 3 rings (SSSR count). The maximum atomic E-state index is 11.6. The third kappa shape index (κ3) is 4.88. The van der Waals surface area contributed by atoms with Crippen LogP contribution in [0, 0.1) is 11.3 Å². The Balaban J connectivity index is 1.85. The van der Waals surface area contributed by atoms with Crippen molar-refractivity contribution < 1.29 is 19.1 Å². The zero-order chi connectivity index (χ0) is 21.7. The molecule has 2 amide bonds. The largest absolute Gasteiger partial charge is 0.464 e. The summed E-state index contributed by atoms with van der Waals surface area (Å²) in [5.41, 5.74) is 11.6. The second kappa shape index (κ2) is 8.70. The van der Waals surface area contributed by atoms with E-state index in [1.54, 1.807) is 48.5 Å². The monoisotopic (exact) mass is 403 g/mol. The van der Waals surface area contributed by atoms with Crippen molar-refractivity contribution in [2.75, 3.05) is 0 Å². The van der Waals surface area contributed by atoms with Gasteiger partial charge in [-0.1, -0.05) is 0 Å². The fourth-order valence-corrected chi connectivity index (χ4v) is 2.39. The lowest BCUT2D eigenvalue weighted by atomic mass is 10.2. The minimum atomic E-state index is -0.948. The molecule has 0 radical (unpaired) electrons. The number of hydrogen-bond acceptors (Lipinski definition) is 7. The van der Waals surface area contributed by atoms with Crippen molar-refractivity contribution in [3.05, 3.63) is 65.9 Å². The van der Waals surface area contributed by atoms with Crippen molar-refractivity contribution in [3.63, 3.8) is 0 Å². The van der Waals surface area contributed by atoms with Gasteiger partial charge in [0, 0.05) is 11.6 Å². The number of nitriles is 1. The van der Waals surface area contributed by atoms with Gasteiger partial charge in [-0.15, -0.1) is 0 Å². The number of nitrogens with zero attached hydrogens (tertiary/aromatic N) is 3. The van der Waals surface area contributed by atoms with Crippen LogP contribution in [-0.4, -0.2) is 27.9 Å². The maximum Gasteiger partial charge on any atom is 0.267 e. The molecule has 3 aromatic rings. The lowest BCUT2D eigenvalue weighted by Crippen LogP contribution is -2.31. The molecule has 0 saturated heterocycles. The second-order valence-corrected chi connectivity index (χ2v) is 6.20. The zero-order valence-corrected chi connectivity index (χ0v) is 15.9. The molecule has 0 fully saturated rings. The van der Waals surface area contributed by atoms with E-state index in [1.165, 1.54) is 13.0 Å². The molecule has 0 aliphatic carbocycles. The van der Waals surface area contributed by atoms with Gasteiger partial charge >= 0.3 is 0 Å². The minimum Gasteiger partial charge on any atom is -0.464 e. The number of ether oxygens (including phenoxy) is 2. The van der Waals surface area contributed by atoms with E-state index < -0.39 is 17.9 Å². The van der Waals surface area contributed by atoms with E-state index in [4.69, 9.17) is 26.2 Å². The SMILES string of the molecule is C[C@H](Oc1cc(C(N)=O)nc(-c2ccc(Oc3ccc(C#N)cc3)cc2)n1)C(N)=O. The molecule has 9 nitrogen and oxygen atoms in total. The van der Waals surface area contributed by atoms with Gasteiger partial charge in [0.05, 0.1) is 11.6 Å². The van der Waals surface area contributed by atoms with Gasteiger partial charge in [-0.3, -0.25) is 9.59 Å². The summed E-state index contributed by atoms with van der Waals surface area (Å²) in [6.45, 7) is 1.46. The van der Waals surface area contributed by atoms with E-state index in [9.17, 15) is 9.59 Å². The number of amides is 2. The van der Waals surface area contributed by atoms with Gasteiger partial charge in [-0.25, -0.2) is 4.98 Å². The molecule has 1 aromatic heterocycles. The van der Waals surface area contributed by atoms with Crippen molar-refractivity contribution in [3.8, 4) is 34.8 Å². The zero-order valence-electron chi connectivity index (χ0n) is 15.9. The average Bonchev–Trinajstić information content (AvgIpc) is 2.74. The van der Waals surface area contributed by atoms with E-state index >= 15 is 0 Å². The number of nitrogens with two attached hydrogens (primary N) is 2. The van der Waals surface area contributed by atoms with Crippen molar-refractivity contribution in [2.24, 2.45) is 11.5 Å². The highest BCUT2D eigenvalue weighted by Crippen LogP contribution is 2.26. The van der Waals surface area contributed by atoms with Crippen LogP contribution < -0.4 is 20.9 Å². The Morgan fingerprint density at radius 3 is 2.13 bits per heavy atom. The predicted octanol–water partition coefficient (Wildman–Crippen LogP) is 2.16. The maximum absolute atomic E-state index is 11.6. The standard InChI is InChI=1S/C21H17N5O4/c1-12(19(23)27)29-18-10-17(20(24)28)25-21(26-18)14-4-8-16(9-5-14)30-15-6-2-13(11-22)3-7-15/h2-10,12H,1H3,(H2,23,27)(H2,24,28)/t12-/m0/s1. The Kier molecular flexibility index (Phi) is 5.89. The van der Waals surface area contributed by atoms with E-state index in [0.717, 1.165) is 0 Å². The van der Waals surface area contributed by atoms with E-state index in [0.29, 0.717) is 22.6 Å². The number of carbonyl (C=O) groups is 2. The molecule has 0 aliphatic heterocycles. The molecule has 2 aromatic carbocycles. The third-order valence-electron chi connectivity index (χ3n) is 3.98. The summed E-state index contributed by atoms with van der Waals surface area (Å²) >= 11 is 0. The fourth-order valence-electron chi connectivity index (χ4n) is 2.39. The molecule has 4 N–H and O–H groups in total. The van der Waals surface area contributed by atoms with E-state index in [-0.39, 0.29) is 17.4 Å². The van der Waals surface area contributed by atoms with E-state index in [2.05, 4.69) is 9.97 Å². The van der Waals surface area contributed by atoms with E-state index in [1.807, 2.05) is 6.07 Å². The van der Waals surface area contributed by atoms with Crippen LogP contribution in [0.3, 0.4) is 0 Å². The van der Waals surface area contributed by atoms with Crippen LogP contribution in [0.2, 0.25) is 0 Å². The highest BCUT2D eigenvalue weighted by molar-refractivity contribution is 5.91.